The number of carbonyl (C=O) groups is 1. The van der Waals surface area contributed by atoms with Crippen LogP contribution in [0.2, 0.25) is 0 Å². The van der Waals surface area contributed by atoms with Gasteiger partial charge in [0.15, 0.2) is 10.9 Å². The van der Waals surface area contributed by atoms with Crippen molar-refractivity contribution < 1.29 is 9.53 Å². The Balaban J connectivity index is 1.48. The Bertz CT molecular complexity index is 1010. The van der Waals surface area contributed by atoms with Crippen LogP contribution in [0, 0.1) is 25.2 Å². The summed E-state index contributed by atoms with van der Waals surface area (Å²) in [6.07, 6.45) is 0. The lowest BCUT2D eigenvalue weighted by Crippen LogP contribution is -2.20. The second kappa shape index (κ2) is 9.35. The topological polar surface area (TPSA) is 87.9 Å². The van der Waals surface area contributed by atoms with Gasteiger partial charge >= 0.3 is 0 Å². The number of nitriles is 1. The number of hydrogen-bond donors (Lipinski definition) is 1. The second-order valence-electron chi connectivity index (χ2n) is 6.01. The molecule has 3 aromatic rings. The van der Waals surface area contributed by atoms with Gasteiger partial charge in [-0.25, -0.2) is 0 Å². The number of anilines is 1. The minimum absolute atomic E-state index is 0.0857. The molecular weight excluding hydrogens is 392 g/mol. The lowest BCUT2D eigenvalue weighted by Gasteiger charge is -2.10. The maximum atomic E-state index is 12.1. The lowest BCUT2D eigenvalue weighted by molar-refractivity contribution is -0.118. The molecule has 0 bridgehead atoms. The molecule has 0 aliphatic carbocycles. The van der Waals surface area contributed by atoms with Gasteiger partial charge < -0.3 is 4.74 Å². The van der Waals surface area contributed by atoms with Crippen LogP contribution in [0.3, 0.4) is 0 Å². The normalized spacial score (nSPS) is 10.3. The van der Waals surface area contributed by atoms with E-state index in [1.807, 2.05) is 44.2 Å². The van der Waals surface area contributed by atoms with Crippen LogP contribution in [-0.4, -0.2) is 22.7 Å². The summed E-state index contributed by atoms with van der Waals surface area (Å²) in [7, 11) is 0. The standard InChI is InChI=1S/C20H18N4O2S2/c1-13-4-3-5-17(14(13)2)26-11-18(25)22-19-23-24-20(28-19)27-12-16-8-6-15(10-21)7-9-16/h3-9H,11-12H2,1-2H3,(H,22,23,25). The Labute approximate surface area is 171 Å². The van der Waals surface area contributed by atoms with Gasteiger partial charge in [0.25, 0.3) is 5.91 Å². The van der Waals surface area contributed by atoms with Crippen LogP contribution in [0.1, 0.15) is 22.3 Å². The fourth-order valence-corrected chi connectivity index (χ4v) is 4.04. The molecule has 0 spiro atoms. The molecule has 0 aliphatic heterocycles. The van der Waals surface area contributed by atoms with E-state index in [1.165, 1.54) is 23.1 Å². The number of nitrogens with zero attached hydrogens (tertiary/aromatic N) is 3. The molecule has 142 valence electrons. The number of nitrogens with one attached hydrogen (secondary N) is 1. The average molecular weight is 411 g/mol. The summed E-state index contributed by atoms with van der Waals surface area (Å²) < 4.78 is 6.36. The predicted molar refractivity (Wildman–Crippen MR) is 111 cm³/mol. The van der Waals surface area contributed by atoms with Gasteiger partial charge in [0.1, 0.15) is 5.75 Å². The summed E-state index contributed by atoms with van der Waals surface area (Å²) in [5.74, 6) is 1.14. The highest BCUT2D eigenvalue weighted by Crippen LogP contribution is 2.28. The van der Waals surface area contributed by atoms with Gasteiger partial charge in [0.2, 0.25) is 5.13 Å². The van der Waals surface area contributed by atoms with E-state index < -0.39 is 0 Å². The van der Waals surface area contributed by atoms with Crippen molar-refractivity contribution in [3.8, 4) is 11.8 Å². The van der Waals surface area contributed by atoms with Crippen LogP contribution in [0.4, 0.5) is 5.13 Å². The van der Waals surface area contributed by atoms with Crippen molar-refractivity contribution in [3.05, 3.63) is 64.7 Å². The second-order valence-corrected chi connectivity index (χ2v) is 8.21. The smallest absolute Gasteiger partial charge is 0.264 e. The molecule has 0 aliphatic rings. The first kappa shape index (κ1) is 19.9. The number of amides is 1. The van der Waals surface area contributed by atoms with Crippen LogP contribution in [0.15, 0.2) is 46.8 Å². The lowest BCUT2D eigenvalue weighted by atomic mass is 10.1. The van der Waals surface area contributed by atoms with Crippen molar-refractivity contribution in [2.45, 2.75) is 23.9 Å². The molecule has 3 rings (SSSR count). The van der Waals surface area contributed by atoms with Gasteiger partial charge in [-0.1, -0.05) is 47.4 Å². The van der Waals surface area contributed by atoms with E-state index in [2.05, 4.69) is 21.6 Å². The summed E-state index contributed by atoms with van der Waals surface area (Å²) in [4.78, 5) is 12.1. The fourth-order valence-electron chi connectivity index (χ4n) is 2.32. The monoisotopic (exact) mass is 410 g/mol. The van der Waals surface area contributed by atoms with Crippen molar-refractivity contribution in [2.24, 2.45) is 0 Å². The molecule has 8 heteroatoms. The third-order valence-electron chi connectivity index (χ3n) is 4.01. The van der Waals surface area contributed by atoms with Gasteiger partial charge in [-0.05, 0) is 48.7 Å². The Morgan fingerprint density at radius 1 is 1.21 bits per heavy atom. The van der Waals surface area contributed by atoms with E-state index in [0.717, 1.165) is 21.0 Å². The summed E-state index contributed by atoms with van der Waals surface area (Å²) in [6.45, 7) is 3.88. The molecule has 0 fully saturated rings. The Morgan fingerprint density at radius 3 is 2.75 bits per heavy atom. The largest absolute Gasteiger partial charge is 0.483 e. The molecular formula is C20H18N4O2S2. The summed E-state index contributed by atoms with van der Waals surface area (Å²) in [5.41, 5.74) is 3.86. The Morgan fingerprint density at radius 2 is 2.00 bits per heavy atom. The maximum Gasteiger partial charge on any atom is 0.264 e. The zero-order chi connectivity index (χ0) is 19.9. The Hall–Kier alpha value is -2.89. The Kier molecular flexibility index (Phi) is 6.63. The minimum Gasteiger partial charge on any atom is -0.483 e. The van der Waals surface area contributed by atoms with E-state index in [1.54, 1.807) is 12.1 Å². The summed E-state index contributed by atoms with van der Waals surface area (Å²) in [5, 5.41) is 20.1. The molecule has 6 nitrogen and oxygen atoms in total. The van der Waals surface area contributed by atoms with Gasteiger partial charge in [-0.3, -0.25) is 10.1 Å². The predicted octanol–water partition coefficient (Wildman–Crippen LogP) is 4.34. The number of thioether (sulfide) groups is 1. The van der Waals surface area contributed by atoms with Crippen molar-refractivity contribution in [1.82, 2.24) is 10.2 Å². The van der Waals surface area contributed by atoms with Gasteiger partial charge in [0.05, 0.1) is 11.6 Å². The molecule has 0 saturated heterocycles. The molecule has 0 atom stereocenters. The fraction of sp³-hybridized carbons (Fsp3) is 0.200. The van der Waals surface area contributed by atoms with Crippen LogP contribution < -0.4 is 10.1 Å². The minimum atomic E-state index is -0.277. The zero-order valence-corrected chi connectivity index (χ0v) is 17.1. The van der Waals surface area contributed by atoms with E-state index in [9.17, 15) is 4.79 Å². The first-order valence-corrected chi connectivity index (χ1v) is 10.3. The molecule has 1 aromatic heterocycles. The third kappa shape index (κ3) is 5.31. The molecule has 1 heterocycles. The average Bonchev–Trinajstić information content (AvgIpc) is 3.15. The van der Waals surface area contributed by atoms with Crippen molar-refractivity contribution in [1.29, 1.82) is 5.26 Å². The number of aromatic nitrogens is 2. The van der Waals surface area contributed by atoms with Crippen LogP contribution >= 0.6 is 23.1 Å². The van der Waals surface area contributed by atoms with Crippen LogP contribution in [-0.2, 0) is 10.5 Å². The highest BCUT2D eigenvalue weighted by molar-refractivity contribution is 8.00. The number of benzene rings is 2. The van der Waals surface area contributed by atoms with Crippen molar-refractivity contribution in [2.75, 3.05) is 11.9 Å². The number of ether oxygens (including phenoxy) is 1. The maximum absolute atomic E-state index is 12.1. The molecule has 2 aromatic carbocycles. The molecule has 1 amide bonds. The van der Waals surface area contributed by atoms with Crippen molar-refractivity contribution in [3.63, 3.8) is 0 Å². The highest BCUT2D eigenvalue weighted by Gasteiger charge is 2.11. The van der Waals surface area contributed by atoms with Gasteiger partial charge in [-0.15, -0.1) is 10.2 Å². The third-order valence-corrected chi connectivity index (χ3v) is 6.06. The molecule has 1 N–H and O–H groups in total. The number of carbonyl (C=O) groups excluding carboxylic acids is 1. The summed E-state index contributed by atoms with van der Waals surface area (Å²) >= 11 is 2.84. The molecule has 28 heavy (non-hydrogen) atoms. The number of aryl methyl sites for hydroxylation is 1. The van der Waals surface area contributed by atoms with E-state index in [4.69, 9.17) is 10.00 Å². The molecule has 0 radical (unpaired) electrons. The molecule has 0 unspecified atom stereocenters. The van der Waals surface area contributed by atoms with E-state index in [0.29, 0.717) is 22.2 Å². The SMILES string of the molecule is Cc1cccc(OCC(=O)Nc2nnc(SCc3ccc(C#N)cc3)s2)c1C. The number of rotatable bonds is 7. The first-order valence-electron chi connectivity index (χ1n) is 8.49. The van der Waals surface area contributed by atoms with Gasteiger partial charge in [0, 0.05) is 5.75 Å². The van der Waals surface area contributed by atoms with Gasteiger partial charge in [-0.2, -0.15) is 5.26 Å². The number of hydrogen-bond acceptors (Lipinski definition) is 7. The highest BCUT2D eigenvalue weighted by atomic mass is 32.2. The first-order chi connectivity index (χ1) is 13.5. The van der Waals surface area contributed by atoms with Crippen LogP contribution in [0.25, 0.3) is 0 Å². The van der Waals surface area contributed by atoms with Crippen molar-refractivity contribution >= 4 is 34.1 Å². The molecule has 0 saturated carbocycles. The summed E-state index contributed by atoms with van der Waals surface area (Å²) in [6, 6.07) is 15.3. The van der Waals surface area contributed by atoms with Crippen LogP contribution in [0.5, 0.6) is 5.75 Å². The van der Waals surface area contributed by atoms with E-state index >= 15 is 0 Å². The van der Waals surface area contributed by atoms with E-state index in [-0.39, 0.29) is 12.5 Å². The quantitative estimate of drug-likeness (QED) is 0.461. The zero-order valence-electron chi connectivity index (χ0n) is 15.4.